The third-order valence-electron chi connectivity index (χ3n) is 4.60. The van der Waals surface area contributed by atoms with Gasteiger partial charge in [0.15, 0.2) is 11.5 Å². The molecule has 3 aromatic rings. The van der Waals surface area contributed by atoms with Crippen LogP contribution in [0.1, 0.15) is 18.1 Å². The van der Waals surface area contributed by atoms with Crippen molar-refractivity contribution in [2.75, 3.05) is 19.0 Å². The molecule has 0 fully saturated rings. The molecule has 1 N–H and O–H groups in total. The molecule has 0 atom stereocenters. The Morgan fingerprint density at radius 3 is 2.39 bits per heavy atom. The van der Waals surface area contributed by atoms with E-state index >= 15 is 0 Å². The highest BCUT2D eigenvalue weighted by molar-refractivity contribution is 9.10. The number of hydrogen-bond donors (Lipinski definition) is 1. The molecule has 0 spiro atoms. The Bertz CT molecular complexity index is 1170. The molecule has 6 nitrogen and oxygen atoms in total. The number of carbonyl (C=O) groups is 1. The van der Waals surface area contributed by atoms with Crippen LogP contribution < -0.4 is 19.5 Å². The zero-order chi connectivity index (χ0) is 23.6. The summed E-state index contributed by atoms with van der Waals surface area (Å²) in [6, 6.07) is 22.0. The van der Waals surface area contributed by atoms with Gasteiger partial charge in [0.25, 0.3) is 5.91 Å². The third kappa shape index (κ3) is 6.86. The number of nitrogens with one attached hydrogen (secondary N) is 1. The Balaban J connectivity index is 1.75. The van der Waals surface area contributed by atoms with Crippen molar-refractivity contribution in [3.05, 3.63) is 87.9 Å². The van der Waals surface area contributed by atoms with Crippen molar-refractivity contribution >= 4 is 33.6 Å². The molecule has 168 valence electrons. The van der Waals surface area contributed by atoms with Crippen molar-refractivity contribution in [3.63, 3.8) is 0 Å². The highest BCUT2D eigenvalue weighted by Gasteiger charge is 2.12. The number of ether oxygens (including phenoxy) is 3. The van der Waals surface area contributed by atoms with Crippen LogP contribution in [-0.4, -0.2) is 19.6 Å². The van der Waals surface area contributed by atoms with E-state index in [2.05, 4.69) is 21.2 Å². The zero-order valence-corrected chi connectivity index (χ0v) is 19.9. The number of anilines is 1. The van der Waals surface area contributed by atoms with E-state index < -0.39 is 5.91 Å². The van der Waals surface area contributed by atoms with E-state index in [0.717, 1.165) is 10.0 Å². The molecule has 0 aliphatic heterocycles. The number of nitriles is 1. The summed E-state index contributed by atoms with van der Waals surface area (Å²) in [5.41, 5.74) is 2.20. The van der Waals surface area contributed by atoms with Gasteiger partial charge in [0.1, 0.15) is 24.0 Å². The maximum atomic E-state index is 12.6. The van der Waals surface area contributed by atoms with Gasteiger partial charge < -0.3 is 19.5 Å². The van der Waals surface area contributed by atoms with Crippen molar-refractivity contribution in [1.82, 2.24) is 0 Å². The Morgan fingerprint density at radius 1 is 1.03 bits per heavy atom. The van der Waals surface area contributed by atoms with E-state index in [-0.39, 0.29) is 5.57 Å². The molecule has 0 saturated heterocycles. The van der Waals surface area contributed by atoms with Gasteiger partial charge in [-0.25, -0.2) is 0 Å². The average molecular weight is 507 g/mol. The third-order valence-corrected chi connectivity index (χ3v) is 5.13. The summed E-state index contributed by atoms with van der Waals surface area (Å²) in [5, 5.41) is 12.2. The van der Waals surface area contributed by atoms with Crippen LogP contribution in [0.25, 0.3) is 6.08 Å². The first-order valence-electron chi connectivity index (χ1n) is 10.2. The lowest BCUT2D eigenvalue weighted by molar-refractivity contribution is -0.112. The zero-order valence-electron chi connectivity index (χ0n) is 18.3. The first-order valence-corrected chi connectivity index (χ1v) is 11.0. The average Bonchev–Trinajstić information content (AvgIpc) is 2.83. The molecule has 0 aliphatic rings. The number of benzene rings is 3. The smallest absolute Gasteiger partial charge is 0.266 e. The molecule has 0 bridgehead atoms. The van der Waals surface area contributed by atoms with Crippen LogP contribution in [0.3, 0.4) is 0 Å². The number of amides is 1. The summed E-state index contributed by atoms with van der Waals surface area (Å²) in [6.45, 7) is 2.71. The predicted octanol–water partition coefficient (Wildman–Crippen LogP) is 5.98. The summed E-state index contributed by atoms with van der Waals surface area (Å²) in [6.07, 6.45) is 1.51. The number of methoxy groups -OCH3 is 1. The molecule has 0 unspecified atom stereocenters. The van der Waals surface area contributed by atoms with Crippen LogP contribution >= 0.6 is 15.9 Å². The first-order chi connectivity index (χ1) is 16.0. The molecular formula is C26H23BrN2O4. The Hall–Kier alpha value is -3.76. The van der Waals surface area contributed by atoms with E-state index in [9.17, 15) is 10.1 Å². The molecule has 0 aliphatic carbocycles. The molecule has 3 aromatic carbocycles. The maximum Gasteiger partial charge on any atom is 0.266 e. The standard InChI is InChI=1S/C26H23BrN2O4/c1-3-32-25-15-19(6-13-24(25)33-17-18-4-7-21(27)8-5-18)14-20(16-28)26(30)29-22-9-11-23(31-2)12-10-22/h4-15H,3,17H2,1-2H3,(H,29,30)/b20-14-. The minimum absolute atomic E-state index is 0.0307. The minimum atomic E-state index is -0.504. The van der Waals surface area contributed by atoms with Gasteiger partial charge in [-0.1, -0.05) is 34.1 Å². The van der Waals surface area contributed by atoms with Gasteiger partial charge in [0.05, 0.1) is 13.7 Å². The van der Waals surface area contributed by atoms with Gasteiger partial charge in [0.2, 0.25) is 0 Å². The SMILES string of the molecule is CCOc1cc(/C=C(/C#N)C(=O)Nc2ccc(OC)cc2)ccc1OCc1ccc(Br)cc1. The van der Waals surface area contributed by atoms with Crippen LogP contribution in [0.4, 0.5) is 5.69 Å². The highest BCUT2D eigenvalue weighted by Crippen LogP contribution is 2.30. The Kier molecular flexibility index (Phi) is 8.50. The van der Waals surface area contributed by atoms with Crippen molar-refractivity contribution < 1.29 is 19.0 Å². The van der Waals surface area contributed by atoms with Crippen LogP contribution in [0.2, 0.25) is 0 Å². The number of halogens is 1. The van der Waals surface area contributed by atoms with Crippen molar-refractivity contribution in [2.45, 2.75) is 13.5 Å². The second-order valence-corrected chi connectivity index (χ2v) is 7.82. The molecule has 3 rings (SSSR count). The topological polar surface area (TPSA) is 80.6 Å². The Morgan fingerprint density at radius 2 is 1.76 bits per heavy atom. The molecule has 0 radical (unpaired) electrons. The summed E-state index contributed by atoms with van der Waals surface area (Å²) < 4.78 is 17.8. The number of carbonyl (C=O) groups excluding carboxylic acids is 1. The molecule has 0 heterocycles. The maximum absolute atomic E-state index is 12.6. The van der Waals surface area contributed by atoms with Gasteiger partial charge >= 0.3 is 0 Å². The van der Waals surface area contributed by atoms with Crippen molar-refractivity contribution in [1.29, 1.82) is 5.26 Å². The summed E-state index contributed by atoms with van der Waals surface area (Å²) >= 11 is 3.42. The molecule has 7 heteroatoms. The highest BCUT2D eigenvalue weighted by atomic mass is 79.9. The lowest BCUT2D eigenvalue weighted by Crippen LogP contribution is -2.13. The number of rotatable bonds is 9. The van der Waals surface area contributed by atoms with Gasteiger partial charge in [-0.3, -0.25) is 4.79 Å². The fourth-order valence-electron chi connectivity index (χ4n) is 2.93. The van der Waals surface area contributed by atoms with Gasteiger partial charge in [-0.15, -0.1) is 0 Å². The summed E-state index contributed by atoms with van der Waals surface area (Å²) in [4.78, 5) is 12.6. The Labute approximate surface area is 201 Å². The fourth-order valence-corrected chi connectivity index (χ4v) is 3.20. The largest absolute Gasteiger partial charge is 0.497 e. The van der Waals surface area contributed by atoms with Gasteiger partial charge in [-0.2, -0.15) is 5.26 Å². The van der Waals surface area contributed by atoms with Crippen LogP contribution in [-0.2, 0) is 11.4 Å². The lowest BCUT2D eigenvalue weighted by Gasteiger charge is -2.13. The van der Waals surface area contributed by atoms with Crippen molar-refractivity contribution in [3.8, 4) is 23.3 Å². The molecule has 33 heavy (non-hydrogen) atoms. The summed E-state index contributed by atoms with van der Waals surface area (Å²) in [7, 11) is 1.57. The van der Waals surface area contributed by atoms with Gasteiger partial charge in [0, 0.05) is 10.2 Å². The minimum Gasteiger partial charge on any atom is -0.497 e. The second-order valence-electron chi connectivity index (χ2n) is 6.91. The van der Waals surface area contributed by atoms with E-state index in [1.54, 1.807) is 49.6 Å². The van der Waals surface area contributed by atoms with Gasteiger partial charge in [-0.05, 0) is 72.7 Å². The monoisotopic (exact) mass is 506 g/mol. The molecule has 0 aromatic heterocycles. The molecular weight excluding hydrogens is 484 g/mol. The van der Waals surface area contributed by atoms with Crippen molar-refractivity contribution in [2.24, 2.45) is 0 Å². The normalized spacial score (nSPS) is 10.8. The van der Waals surface area contributed by atoms with E-state index in [1.807, 2.05) is 37.3 Å². The van der Waals surface area contributed by atoms with E-state index in [1.165, 1.54) is 6.08 Å². The van der Waals surface area contributed by atoms with E-state index in [0.29, 0.717) is 41.7 Å². The van der Waals surface area contributed by atoms with E-state index in [4.69, 9.17) is 14.2 Å². The van der Waals surface area contributed by atoms with Crippen LogP contribution in [0.15, 0.2) is 76.8 Å². The summed E-state index contributed by atoms with van der Waals surface area (Å²) in [5.74, 6) is 1.29. The second kappa shape index (κ2) is 11.7. The van der Waals surface area contributed by atoms with Crippen LogP contribution in [0.5, 0.6) is 17.2 Å². The lowest BCUT2D eigenvalue weighted by atomic mass is 10.1. The molecule has 1 amide bonds. The number of nitrogens with zero attached hydrogens (tertiary/aromatic N) is 1. The number of hydrogen-bond acceptors (Lipinski definition) is 5. The van der Waals surface area contributed by atoms with Crippen LogP contribution in [0, 0.1) is 11.3 Å². The fraction of sp³-hybridized carbons (Fsp3) is 0.154. The quantitative estimate of drug-likeness (QED) is 0.285. The molecule has 0 saturated carbocycles. The predicted molar refractivity (Wildman–Crippen MR) is 131 cm³/mol. The first kappa shape index (κ1) is 23.9.